The fourth-order valence-electron chi connectivity index (χ4n) is 2.95. The fraction of sp³-hybridized carbons (Fsp3) is 0.368. The monoisotopic (exact) mass is 359 g/mol. The number of imidazole rings is 1. The molecule has 0 saturated heterocycles. The highest BCUT2D eigenvalue weighted by Crippen LogP contribution is 2.26. The zero-order valence-electron chi connectivity index (χ0n) is 14.9. The lowest BCUT2D eigenvalue weighted by Crippen LogP contribution is -2.27. The lowest BCUT2D eigenvalue weighted by Gasteiger charge is -2.18. The third-order valence-corrected chi connectivity index (χ3v) is 4.27. The van der Waals surface area contributed by atoms with E-state index in [4.69, 9.17) is 11.6 Å². The largest absolute Gasteiger partial charge is 0.392 e. The summed E-state index contributed by atoms with van der Waals surface area (Å²) in [5, 5.41) is 9.91. The number of aliphatic hydroxyl groups is 1. The predicted molar refractivity (Wildman–Crippen MR) is 101 cm³/mol. The van der Waals surface area contributed by atoms with Crippen molar-refractivity contribution in [3.63, 3.8) is 0 Å². The summed E-state index contributed by atoms with van der Waals surface area (Å²) in [6, 6.07) is 9.18. The van der Waals surface area contributed by atoms with Crippen molar-refractivity contribution in [3.05, 3.63) is 51.4 Å². The van der Waals surface area contributed by atoms with E-state index in [2.05, 4.69) is 25.8 Å². The van der Waals surface area contributed by atoms with Gasteiger partial charge in [0.2, 0.25) is 0 Å². The van der Waals surface area contributed by atoms with Crippen LogP contribution in [-0.4, -0.2) is 19.2 Å². The lowest BCUT2D eigenvalue weighted by atomic mass is 9.97. The van der Waals surface area contributed by atoms with Crippen LogP contribution in [-0.2, 0) is 20.2 Å². The van der Waals surface area contributed by atoms with E-state index in [1.807, 2.05) is 18.2 Å². The third kappa shape index (κ3) is 3.48. The molecule has 0 aliphatic rings. The van der Waals surface area contributed by atoms with Crippen LogP contribution < -0.4 is 5.69 Å². The minimum absolute atomic E-state index is 0.0141. The number of hydrogen-bond donors (Lipinski definition) is 1. The molecule has 132 valence electrons. The molecule has 0 fully saturated rings. The maximum atomic E-state index is 12.6. The van der Waals surface area contributed by atoms with Crippen molar-refractivity contribution in [1.82, 2.24) is 14.1 Å². The standard InChI is InChI=1S/C19H22ClN3O2/c1-19(2,3)11-23-16-6-5-15(21-17(16)22(4)18(23)25)13-7-12(10-24)8-14(20)9-13/h5-9,24H,10-11H2,1-4H3. The van der Waals surface area contributed by atoms with Gasteiger partial charge in [-0.25, -0.2) is 9.78 Å². The second kappa shape index (κ2) is 6.32. The van der Waals surface area contributed by atoms with Gasteiger partial charge in [0.1, 0.15) is 0 Å². The van der Waals surface area contributed by atoms with Crippen LogP contribution in [0.2, 0.25) is 5.02 Å². The van der Waals surface area contributed by atoms with Crippen LogP contribution in [0, 0.1) is 5.41 Å². The predicted octanol–water partition coefficient (Wildman–Crippen LogP) is 3.59. The second-order valence-electron chi connectivity index (χ2n) is 7.53. The van der Waals surface area contributed by atoms with E-state index in [0.717, 1.165) is 16.6 Å². The Kier molecular flexibility index (Phi) is 4.47. The number of hydrogen-bond acceptors (Lipinski definition) is 3. The van der Waals surface area contributed by atoms with E-state index in [1.165, 1.54) is 0 Å². The molecule has 0 spiro atoms. The number of halogens is 1. The maximum absolute atomic E-state index is 12.6. The summed E-state index contributed by atoms with van der Waals surface area (Å²) < 4.78 is 3.34. The van der Waals surface area contributed by atoms with Crippen molar-refractivity contribution in [3.8, 4) is 11.3 Å². The molecule has 2 heterocycles. The zero-order chi connectivity index (χ0) is 18.4. The smallest absolute Gasteiger partial charge is 0.330 e. The highest BCUT2D eigenvalue weighted by atomic mass is 35.5. The van der Waals surface area contributed by atoms with E-state index in [9.17, 15) is 9.90 Å². The quantitative estimate of drug-likeness (QED) is 0.777. The highest BCUT2D eigenvalue weighted by Gasteiger charge is 2.19. The first-order chi connectivity index (χ1) is 11.7. The molecule has 0 atom stereocenters. The van der Waals surface area contributed by atoms with Crippen LogP contribution in [0.5, 0.6) is 0 Å². The van der Waals surface area contributed by atoms with Gasteiger partial charge in [0.05, 0.1) is 17.8 Å². The number of pyridine rings is 1. The fourth-order valence-corrected chi connectivity index (χ4v) is 3.21. The summed E-state index contributed by atoms with van der Waals surface area (Å²) in [5.41, 5.74) is 3.62. The van der Waals surface area contributed by atoms with E-state index >= 15 is 0 Å². The maximum Gasteiger partial charge on any atom is 0.330 e. The van der Waals surface area contributed by atoms with Crippen molar-refractivity contribution in [2.45, 2.75) is 33.9 Å². The van der Waals surface area contributed by atoms with Gasteiger partial charge < -0.3 is 5.11 Å². The first kappa shape index (κ1) is 17.7. The van der Waals surface area contributed by atoms with Crippen LogP contribution in [0.3, 0.4) is 0 Å². The Bertz CT molecular complexity index is 996. The Balaban J connectivity index is 2.17. The molecule has 25 heavy (non-hydrogen) atoms. The Morgan fingerprint density at radius 2 is 1.92 bits per heavy atom. The number of aryl methyl sites for hydroxylation is 1. The molecule has 0 bridgehead atoms. The van der Waals surface area contributed by atoms with Crippen molar-refractivity contribution in [2.75, 3.05) is 0 Å². The van der Waals surface area contributed by atoms with Crippen LogP contribution in [0.4, 0.5) is 0 Å². The minimum Gasteiger partial charge on any atom is -0.392 e. The van der Waals surface area contributed by atoms with Gasteiger partial charge in [-0.1, -0.05) is 32.4 Å². The molecule has 0 unspecified atom stereocenters. The van der Waals surface area contributed by atoms with Gasteiger partial charge in [-0.3, -0.25) is 9.13 Å². The van der Waals surface area contributed by atoms with E-state index in [-0.39, 0.29) is 17.7 Å². The van der Waals surface area contributed by atoms with Crippen molar-refractivity contribution < 1.29 is 5.11 Å². The zero-order valence-corrected chi connectivity index (χ0v) is 15.6. The van der Waals surface area contributed by atoms with Gasteiger partial charge in [-0.2, -0.15) is 0 Å². The normalized spacial score (nSPS) is 12.1. The summed E-state index contributed by atoms with van der Waals surface area (Å²) in [6.45, 7) is 6.83. The van der Waals surface area contributed by atoms with Crippen molar-refractivity contribution in [2.24, 2.45) is 12.5 Å². The summed E-state index contributed by atoms with van der Waals surface area (Å²) >= 11 is 6.13. The molecule has 0 radical (unpaired) electrons. The molecule has 0 amide bonds. The topological polar surface area (TPSA) is 60.0 Å². The average molecular weight is 360 g/mol. The van der Waals surface area contributed by atoms with Crippen molar-refractivity contribution >= 4 is 22.8 Å². The van der Waals surface area contributed by atoms with Gasteiger partial charge in [0.15, 0.2) is 5.65 Å². The van der Waals surface area contributed by atoms with Crippen LogP contribution in [0.1, 0.15) is 26.3 Å². The van der Waals surface area contributed by atoms with Gasteiger partial charge in [-0.15, -0.1) is 0 Å². The SMILES string of the molecule is Cn1c(=O)n(CC(C)(C)C)c2ccc(-c3cc(Cl)cc(CO)c3)nc21. The molecular weight excluding hydrogens is 338 g/mol. The third-order valence-electron chi connectivity index (χ3n) is 4.05. The molecular formula is C19H22ClN3O2. The molecule has 2 aromatic heterocycles. The average Bonchev–Trinajstić information content (AvgIpc) is 2.77. The lowest BCUT2D eigenvalue weighted by molar-refractivity contribution is 0.282. The number of benzene rings is 1. The van der Waals surface area contributed by atoms with E-state index in [0.29, 0.717) is 22.9 Å². The Labute approximate surface area is 151 Å². The number of nitrogens with zero attached hydrogens (tertiary/aromatic N) is 3. The summed E-state index contributed by atoms with van der Waals surface area (Å²) in [7, 11) is 1.73. The minimum atomic E-state index is -0.0871. The first-order valence-electron chi connectivity index (χ1n) is 8.16. The van der Waals surface area contributed by atoms with Crippen LogP contribution in [0.15, 0.2) is 35.1 Å². The molecule has 5 nitrogen and oxygen atoms in total. The molecule has 6 heteroatoms. The van der Waals surface area contributed by atoms with Gasteiger partial charge >= 0.3 is 5.69 Å². The Hall–Kier alpha value is -2.11. The number of rotatable bonds is 3. The Morgan fingerprint density at radius 3 is 2.56 bits per heavy atom. The Morgan fingerprint density at radius 1 is 1.20 bits per heavy atom. The molecule has 3 aromatic rings. The molecule has 3 rings (SSSR count). The number of fused-ring (bicyclic) bond motifs is 1. The van der Waals surface area contributed by atoms with Gasteiger partial charge in [0, 0.05) is 24.2 Å². The van der Waals surface area contributed by atoms with E-state index in [1.54, 1.807) is 28.3 Å². The number of aliphatic hydroxyl groups excluding tert-OH is 1. The van der Waals surface area contributed by atoms with Crippen LogP contribution >= 0.6 is 11.6 Å². The highest BCUT2D eigenvalue weighted by molar-refractivity contribution is 6.30. The molecule has 0 aliphatic carbocycles. The summed E-state index contributed by atoms with van der Waals surface area (Å²) in [5.74, 6) is 0. The summed E-state index contributed by atoms with van der Waals surface area (Å²) in [4.78, 5) is 17.3. The van der Waals surface area contributed by atoms with Crippen molar-refractivity contribution in [1.29, 1.82) is 0 Å². The molecule has 0 aliphatic heterocycles. The van der Waals surface area contributed by atoms with E-state index < -0.39 is 0 Å². The van der Waals surface area contributed by atoms with Gasteiger partial charge in [0.25, 0.3) is 0 Å². The number of aromatic nitrogens is 3. The van der Waals surface area contributed by atoms with Crippen LogP contribution in [0.25, 0.3) is 22.4 Å². The van der Waals surface area contributed by atoms with Gasteiger partial charge in [-0.05, 0) is 41.3 Å². The second-order valence-corrected chi connectivity index (χ2v) is 7.97. The first-order valence-corrected chi connectivity index (χ1v) is 8.54. The molecule has 1 aromatic carbocycles. The molecule has 0 saturated carbocycles. The summed E-state index contributed by atoms with van der Waals surface area (Å²) in [6.07, 6.45) is 0. The molecule has 1 N–H and O–H groups in total.